The van der Waals surface area contributed by atoms with Crippen LogP contribution >= 0.6 is 0 Å². The van der Waals surface area contributed by atoms with E-state index in [0.717, 1.165) is 0 Å². The molecule has 0 unspecified atom stereocenters. The van der Waals surface area contributed by atoms with Crippen molar-refractivity contribution >= 4 is 37.7 Å². The first kappa shape index (κ1) is 10.3. The van der Waals surface area contributed by atoms with E-state index in [9.17, 15) is 0 Å². The first-order valence-corrected chi connectivity index (χ1v) is 1.88. The summed E-state index contributed by atoms with van der Waals surface area (Å²) in [7, 11) is 0. The van der Waals surface area contributed by atoms with Gasteiger partial charge in [0.05, 0.1) is 0 Å². The van der Waals surface area contributed by atoms with E-state index in [2.05, 4.69) is 0 Å². The Morgan fingerprint density at radius 1 is 1.50 bits per heavy atom. The second-order valence-corrected chi connectivity index (χ2v) is 1.58. The molecule has 0 saturated heterocycles. The van der Waals surface area contributed by atoms with E-state index in [-0.39, 0.29) is 37.7 Å². The van der Waals surface area contributed by atoms with Gasteiger partial charge in [0, 0.05) is 6.61 Å². The Bertz CT molecular complexity index is 21.5. The molecule has 0 heterocycles. The molecule has 0 fully saturated rings. The second-order valence-electron chi connectivity index (χ2n) is 1.58. The summed E-state index contributed by atoms with van der Waals surface area (Å²) in [6, 6.07) is 0. The van der Waals surface area contributed by atoms with E-state index in [1.165, 1.54) is 0 Å². The van der Waals surface area contributed by atoms with E-state index < -0.39 is 0 Å². The summed E-state index contributed by atoms with van der Waals surface area (Å²) in [6.45, 7) is 4.25. The normalized spacial score (nSPS) is 8.00. The Kier molecular flexibility index (Phi) is 10.6. The first-order valence-electron chi connectivity index (χ1n) is 1.88. The van der Waals surface area contributed by atoms with Crippen LogP contribution in [0.3, 0.4) is 0 Å². The summed E-state index contributed by atoms with van der Waals surface area (Å²) in [6.07, 6.45) is 0. The molecule has 1 N–H and O–H groups in total. The quantitative estimate of drug-likeness (QED) is 0.467. The molecule has 0 saturated carbocycles. The molecule has 0 aromatic carbocycles. The van der Waals surface area contributed by atoms with Gasteiger partial charge in [0.15, 0.2) is 0 Å². The zero-order valence-electron chi connectivity index (χ0n) is 3.73. The minimum atomic E-state index is 0. The maximum absolute atomic E-state index is 8.14. The van der Waals surface area contributed by atoms with Crippen LogP contribution in [-0.4, -0.2) is 49.5 Å². The molecule has 0 aliphatic rings. The summed E-state index contributed by atoms with van der Waals surface area (Å²) in [5, 5.41) is 8.14. The van der Waals surface area contributed by atoms with Crippen LogP contribution in [0.4, 0.5) is 0 Å². The number of aliphatic hydroxyl groups excluding tert-OH is 1. The average molecular weight is 116 g/mol. The van der Waals surface area contributed by atoms with Crippen LogP contribution < -0.4 is 0 Å². The van der Waals surface area contributed by atoms with E-state index in [1.807, 2.05) is 13.8 Å². The Labute approximate surface area is 68.7 Å². The van der Waals surface area contributed by atoms with Gasteiger partial charge in [-0.3, -0.25) is 0 Å². The van der Waals surface area contributed by atoms with Crippen LogP contribution in [0, 0.1) is 5.92 Å². The molecular weight excluding hydrogens is 104 g/mol. The summed E-state index contributed by atoms with van der Waals surface area (Å²) in [4.78, 5) is 0. The van der Waals surface area contributed by atoms with Gasteiger partial charge in [-0.15, -0.1) is 0 Å². The number of hydrogen-bond donors (Lipinski definition) is 1. The van der Waals surface area contributed by atoms with Gasteiger partial charge in [-0.25, -0.2) is 0 Å². The number of rotatable bonds is 1. The van der Waals surface area contributed by atoms with Crippen molar-refractivity contribution in [1.82, 2.24) is 0 Å². The molecule has 0 atom stereocenters. The third kappa shape index (κ3) is 8.97. The van der Waals surface area contributed by atoms with E-state index in [1.54, 1.807) is 0 Å². The van der Waals surface area contributed by atoms with Crippen LogP contribution in [0.1, 0.15) is 13.8 Å². The van der Waals surface area contributed by atoms with Crippen molar-refractivity contribution in [3.05, 3.63) is 0 Å². The Balaban J connectivity index is 0. The molecule has 0 aromatic heterocycles. The van der Waals surface area contributed by atoms with Crippen molar-refractivity contribution in [3.63, 3.8) is 0 Å². The van der Waals surface area contributed by atoms with Gasteiger partial charge < -0.3 is 5.11 Å². The van der Waals surface area contributed by atoms with Gasteiger partial charge in [0.25, 0.3) is 0 Å². The minimum absolute atomic E-state index is 0. The standard InChI is InChI=1S/C4H10O.Ca.2H/c1-4(2)3-5;;;/h4-5H,3H2,1-2H3;;;. The second kappa shape index (κ2) is 6.22. The Morgan fingerprint density at radius 3 is 1.67 bits per heavy atom. The third-order valence-electron chi connectivity index (χ3n) is 0.365. The van der Waals surface area contributed by atoms with Crippen LogP contribution in [-0.2, 0) is 0 Å². The van der Waals surface area contributed by atoms with Gasteiger partial charge in [0.1, 0.15) is 0 Å². The summed E-state index contributed by atoms with van der Waals surface area (Å²) in [5.74, 6) is 0.440. The predicted octanol–water partition coefficient (Wildman–Crippen LogP) is -0.282. The monoisotopic (exact) mass is 116 g/mol. The topological polar surface area (TPSA) is 20.2 Å². The molecule has 2 heteroatoms. The molecule has 0 bridgehead atoms. The van der Waals surface area contributed by atoms with Crippen molar-refractivity contribution in [2.24, 2.45) is 5.92 Å². The maximum atomic E-state index is 8.14. The molecule has 0 aromatic rings. The fourth-order valence-corrected chi connectivity index (χ4v) is 0. The van der Waals surface area contributed by atoms with Crippen molar-refractivity contribution in [2.45, 2.75) is 13.8 Å². The van der Waals surface area contributed by atoms with E-state index in [4.69, 9.17) is 5.11 Å². The first-order chi connectivity index (χ1) is 2.27. The van der Waals surface area contributed by atoms with E-state index in [0.29, 0.717) is 12.5 Å². The zero-order valence-corrected chi connectivity index (χ0v) is 3.73. The van der Waals surface area contributed by atoms with Crippen LogP contribution in [0.2, 0.25) is 0 Å². The van der Waals surface area contributed by atoms with Crippen LogP contribution in [0.5, 0.6) is 0 Å². The van der Waals surface area contributed by atoms with E-state index >= 15 is 0 Å². The fourth-order valence-electron chi connectivity index (χ4n) is 0. The Hall–Kier alpha value is 1.22. The number of hydrogen-bond acceptors (Lipinski definition) is 1. The molecule has 1 nitrogen and oxygen atoms in total. The summed E-state index contributed by atoms with van der Waals surface area (Å²) in [5.41, 5.74) is 0. The van der Waals surface area contributed by atoms with Crippen LogP contribution in [0.25, 0.3) is 0 Å². The van der Waals surface area contributed by atoms with Crippen LogP contribution in [0.15, 0.2) is 0 Å². The molecule has 0 aliphatic heterocycles. The summed E-state index contributed by atoms with van der Waals surface area (Å²) < 4.78 is 0. The molecule has 6 heavy (non-hydrogen) atoms. The molecule has 0 aliphatic carbocycles. The SMILES string of the molecule is CC(C)CO.[CaH2]. The third-order valence-corrected chi connectivity index (χ3v) is 0.365. The molecule has 0 amide bonds. The van der Waals surface area contributed by atoms with Gasteiger partial charge >= 0.3 is 37.7 Å². The molecule has 0 spiro atoms. The summed E-state index contributed by atoms with van der Waals surface area (Å²) >= 11 is 0. The fraction of sp³-hybridized carbons (Fsp3) is 1.00. The molecule has 0 radical (unpaired) electrons. The number of aliphatic hydroxyl groups is 1. The van der Waals surface area contributed by atoms with Gasteiger partial charge in [-0.1, -0.05) is 13.8 Å². The van der Waals surface area contributed by atoms with Gasteiger partial charge in [0.2, 0.25) is 0 Å². The van der Waals surface area contributed by atoms with Crippen molar-refractivity contribution < 1.29 is 5.11 Å². The van der Waals surface area contributed by atoms with Gasteiger partial charge in [-0.2, -0.15) is 0 Å². The van der Waals surface area contributed by atoms with Gasteiger partial charge in [-0.05, 0) is 5.92 Å². The molecular formula is C4H12CaO. The molecule has 0 rings (SSSR count). The zero-order chi connectivity index (χ0) is 4.28. The average Bonchev–Trinajstić information content (AvgIpc) is 1.38. The predicted molar refractivity (Wildman–Crippen MR) is 30.5 cm³/mol. The molecule has 36 valence electrons. The van der Waals surface area contributed by atoms with Crippen molar-refractivity contribution in [3.8, 4) is 0 Å². The Morgan fingerprint density at radius 2 is 1.67 bits per heavy atom. The van der Waals surface area contributed by atoms with Crippen molar-refractivity contribution in [1.29, 1.82) is 0 Å². The van der Waals surface area contributed by atoms with Crippen molar-refractivity contribution in [2.75, 3.05) is 6.61 Å².